The van der Waals surface area contributed by atoms with Gasteiger partial charge in [0.05, 0.1) is 10.0 Å². The van der Waals surface area contributed by atoms with Gasteiger partial charge in [0.15, 0.2) is 0 Å². The Morgan fingerprint density at radius 1 is 1.24 bits per heavy atom. The van der Waals surface area contributed by atoms with Crippen LogP contribution in [0.2, 0.25) is 10.0 Å². The Bertz CT molecular complexity index is 374. The number of halogens is 2. The maximum Gasteiger partial charge on any atom is 0.0603 e. The van der Waals surface area contributed by atoms with Gasteiger partial charge in [-0.1, -0.05) is 30.1 Å². The van der Waals surface area contributed by atoms with Crippen LogP contribution in [-0.2, 0) is 0 Å². The minimum absolute atomic E-state index is 0.159. The summed E-state index contributed by atoms with van der Waals surface area (Å²) in [6, 6.07) is 5.77. The lowest BCUT2D eigenvalue weighted by Crippen LogP contribution is -2.39. The maximum absolute atomic E-state index is 5.99. The third-order valence-corrected chi connectivity index (χ3v) is 3.98. The van der Waals surface area contributed by atoms with Crippen LogP contribution in [0.25, 0.3) is 0 Å². The van der Waals surface area contributed by atoms with E-state index in [-0.39, 0.29) is 5.54 Å². The molecule has 0 amide bonds. The third-order valence-electron chi connectivity index (χ3n) is 2.15. The fourth-order valence-electron chi connectivity index (χ4n) is 1.27. The molecule has 0 aliphatic carbocycles. The Hall–Kier alpha value is 0.110. The van der Waals surface area contributed by atoms with Crippen molar-refractivity contribution in [2.24, 2.45) is 0 Å². The molecule has 0 aliphatic heterocycles. The maximum atomic E-state index is 5.99. The quantitative estimate of drug-likeness (QED) is 0.795. The van der Waals surface area contributed by atoms with Crippen molar-refractivity contribution in [3.8, 4) is 0 Å². The summed E-state index contributed by atoms with van der Waals surface area (Å²) < 4.78 is 0. The van der Waals surface area contributed by atoms with Gasteiger partial charge in [-0.05, 0) is 39.0 Å². The van der Waals surface area contributed by atoms with Crippen molar-refractivity contribution in [2.45, 2.75) is 43.4 Å². The Morgan fingerprint density at radius 3 is 2.41 bits per heavy atom. The number of thioether (sulfide) groups is 1. The lowest BCUT2D eigenvalue weighted by atomic mass is 10.1. The van der Waals surface area contributed by atoms with Gasteiger partial charge in [0.25, 0.3) is 0 Å². The van der Waals surface area contributed by atoms with Crippen molar-refractivity contribution in [3.63, 3.8) is 0 Å². The molecule has 1 atom stereocenters. The summed E-state index contributed by atoms with van der Waals surface area (Å²) in [7, 11) is 0. The smallest absolute Gasteiger partial charge is 0.0603 e. The molecule has 0 bridgehead atoms. The zero-order valence-corrected chi connectivity index (χ0v) is 13.0. The van der Waals surface area contributed by atoms with Gasteiger partial charge in [-0.3, -0.25) is 0 Å². The topological polar surface area (TPSA) is 12.0 Å². The molecule has 1 rings (SSSR count). The molecule has 0 saturated heterocycles. The first-order chi connectivity index (χ1) is 7.78. The molecule has 0 saturated carbocycles. The summed E-state index contributed by atoms with van der Waals surface area (Å²) in [6.07, 6.45) is 0. The van der Waals surface area contributed by atoms with E-state index in [1.54, 1.807) is 11.8 Å². The van der Waals surface area contributed by atoms with Crippen molar-refractivity contribution in [1.82, 2.24) is 5.32 Å². The van der Waals surface area contributed by atoms with Crippen molar-refractivity contribution in [1.29, 1.82) is 0 Å². The molecule has 4 heteroatoms. The van der Waals surface area contributed by atoms with E-state index < -0.39 is 0 Å². The molecule has 0 spiro atoms. The zero-order valence-electron chi connectivity index (χ0n) is 10.7. The van der Waals surface area contributed by atoms with Gasteiger partial charge in [-0.15, -0.1) is 11.8 Å². The van der Waals surface area contributed by atoms with E-state index in [4.69, 9.17) is 23.2 Å². The largest absolute Gasteiger partial charge is 0.311 e. The predicted molar refractivity (Wildman–Crippen MR) is 79.5 cm³/mol. The van der Waals surface area contributed by atoms with Gasteiger partial charge in [-0.25, -0.2) is 0 Å². The number of hydrogen-bond donors (Lipinski definition) is 1. The Kier molecular flexibility index (Phi) is 5.65. The molecule has 17 heavy (non-hydrogen) atoms. The van der Waals surface area contributed by atoms with Crippen LogP contribution in [-0.4, -0.2) is 17.3 Å². The van der Waals surface area contributed by atoms with Crippen LogP contribution in [0.1, 0.15) is 27.7 Å². The first-order valence-corrected chi connectivity index (χ1v) is 7.28. The molecule has 1 nitrogen and oxygen atoms in total. The number of rotatable bonds is 4. The highest BCUT2D eigenvalue weighted by molar-refractivity contribution is 8.00. The van der Waals surface area contributed by atoms with E-state index in [0.717, 1.165) is 11.4 Å². The third kappa shape index (κ3) is 6.01. The monoisotopic (exact) mass is 291 g/mol. The molecular weight excluding hydrogens is 273 g/mol. The van der Waals surface area contributed by atoms with Crippen LogP contribution < -0.4 is 5.32 Å². The molecule has 96 valence electrons. The van der Waals surface area contributed by atoms with Crippen LogP contribution >= 0.6 is 35.0 Å². The number of hydrogen-bond acceptors (Lipinski definition) is 2. The summed E-state index contributed by atoms with van der Waals surface area (Å²) in [5.74, 6) is 0. The van der Waals surface area contributed by atoms with Crippen LogP contribution in [0.3, 0.4) is 0 Å². The van der Waals surface area contributed by atoms with Gasteiger partial charge in [0.1, 0.15) is 0 Å². The van der Waals surface area contributed by atoms with Crippen molar-refractivity contribution >= 4 is 35.0 Å². The fourth-order valence-corrected chi connectivity index (χ4v) is 2.60. The Morgan fingerprint density at radius 2 is 1.88 bits per heavy atom. The molecule has 1 N–H and O–H groups in total. The van der Waals surface area contributed by atoms with Crippen molar-refractivity contribution < 1.29 is 0 Å². The second kappa shape index (κ2) is 6.33. The molecular formula is C13H19Cl2NS. The van der Waals surface area contributed by atoms with Crippen LogP contribution in [0.4, 0.5) is 0 Å². The van der Waals surface area contributed by atoms with Crippen LogP contribution in [0.15, 0.2) is 23.1 Å². The van der Waals surface area contributed by atoms with Crippen LogP contribution in [0, 0.1) is 0 Å². The first-order valence-electron chi connectivity index (χ1n) is 5.64. The molecule has 1 unspecified atom stereocenters. The standard InChI is InChI=1S/C13H19Cl2NS/c1-9(8-16-13(2,3)4)17-10-5-6-11(14)12(15)7-10/h5-7,9,16H,8H2,1-4H3. The van der Waals surface area contributed by atoms with E-state index in [2.05, 4.69) is 33.0 Å². The SMILES string of the molecule is CC(CNC(C)(C)C)Sc1ccc(Cl)c(Cl)c1. The average Bonchev–Trinajstić information content (AvgIpc) is 2.20. The highest BCUT2D eigenvalue weighted by atomic mass is 35.5. The average molecular weight is 292 g/mol. The molecule has 0 aliphatic rings. The second-order valence-electron chi connectivity index (χ2n) is 5.14. The molecule has 1 aromatic rings. The summed E-state index contributed by atoms with van der Waals surface area (Å²) >= 11 is 13.7. The summed E-state index contributed by atoms with van der Waals surface area (Å²) in [5.41, 5.74) is 0.159. The molecule has 0 radical (unpaired) electrons. The van der Waals surface area contributed by atoms with Crippen molar-refractivity contribution in [3.05, 3.63) is 28.2 Å². The summed E-state index contributed by atoms with van der Waals surface area (Å²) in [5, 5.41) is 5.21. The van der Waals surface area contributed by atoms with E-state index in [9.17, 15) is 0 Å². The molecule has 0 heterocycles. The lowest BCUT2D eigenvalue weighted by Gasteiger charge is -2.23. The predicted octanol–water partition coefficient (Wildman–Crippen LogP) is 4.86. The Labute approximate surface area is 118 Å². The minimum Gasteiger partial charge on any atom is -0.311 e. The van der Waals surface area contributed by atoms with E-state index in [1.165, 1.54) is 0 Å². The van der Waals surface area contributed by atoms with Crippen molar-refractivity contribution in [2.75, 3.05) is 6.54 Å². The highest BCUT2D eigenvalue weighted by Gasteiger charge is 2.12. The van der Waals surface area contributed by atoms with Gasteiger partial charge in [0, 0.05) is 22.2 Å². The van der Waals surface area contributed by atoms with E-state index in [0.29, 0.717) is 15.3 Å². The molecule has 0 aromatic heterocycles. The second-order valence-corrected chi connectivity index (χ2v) is 7.46. The van der Waals surface area contributed by atoms with Gasteiger partial charge in [-0.2, -0.15) is 0 Å². The van der Waals surface area contributed by atoms with E-state index >= 15 is 0 Å². The fraction of sp³-hybridized carbons (Fsp3) is 0.538. The summed E-state index contributed by atoms with van der Waals surface area (Å²) in [6.45, 7) is 9.68. The van der Waals surface area contributed by atoms with Gasteiger partial charge < -0.3 is 5.32 Å². The van der Waals surface area contributed by atoms with E-state index in [1.807, 2.05) is 18.2 Å². The van der Waals surface area contributed by atoms with Gasteiger partial charge >= 0.3 is 0 Å². The van der Waals surface area contributed by atoms with Crippen LogP contribution in [0.5, 0.6) is 0 Å². The first kappa shape index (κ1) is 15.2. The molecule has 0 fully saturated rings. The number of benzene rings is 1. The minimum atomic E-state index is 0.159. The lowest BCUT2D eigenvalue weighted by molar-refractivity contribution is 0.429. The molecule has 1 aromatic carbocycles. The Balaban J connectivity index is 2.50. The summed E-state index contributed by atoms with van der Waals surface area (Å²) in [4.78, 5) is 1.16. The number of nitrogens with one attached hydrogen (secondary N) is 1. The van der Waals surface area contributed by atoms with Gasteiger partial charge in [0.2, 0.25) is 0 Å². The zero-order chi connectivity index (χ0) is 13.1. The highest BCUT2D eigenvalue weighted by Crippen LogP contribution is 2.30. The normalized spacial score (nSPS) is 13.8.